The van der Waals surface area contributed by atoms with Gasteiger partial charge in [0, 0.05) is 17.9 Å². The van der Waals surface area contributed by atoms with Crippen LogP contribution < -0.4 is 0 Å². The van der Waals surface area contributed by atoms with Gasteiger partial charge < -0.3 is 9.64 Å². The number of rotatable bonds is 4. The van der Waals surface area contributed by atoms with Crippen molar-refractivity contribution in [3.63, 3.8) is 0 Å². The third-order valence-electron chi connectivity index (χ3n) is 1.78. The Morgan fingerprint density at radius 2 is 1.93 bits per heavy atom. The predicted molar refractivity (Wildman–Crippen MR) is 66.5 cm³/mol. The van der Waals surface area contributed by atoms with Gasteiger partial charge >= 0.3 is 6.09 Å². The Hall–Kier alpha value is -0.250. The van der Waals surface area contributed by atoms with Gasteiger partial charge in [-0.2, -0.15) is 0 Å². The summed E-state index contributed by atoms with van der Waals surface area (Å²) in [5.41, 5.74) is -0.418. The molecule has 0 heterocycles. The van der Waals surface area contributed by atoms with Gasteiger partial charge in [-0.3, -0.25) is 0 Å². The molecule has 3 nitrogen and oxygen atoms in total. The highest BCUT2D eigenvalue weighted by Crippen LogP contribution is 2.12. The molecule has 0 aromatic carbocycles. The predicted octanol–water partition coefficient (Wildman–Crippen LogP) is 3.42. The molecule has 0 saturated heterocycles. The van der Waals surface area contributed by atoms with Crippen molar-refractivity contribution in [3.05, 3.63) is 0 Å². The van der Waals surface area contributed by atoms with E-state index in [2.05, 4.69) is 15.9 Å². The number of amides is 1. The van der Waals surface area contributed by atoms with Crippen LogP contribution in [0.5, 0.6) is 0 Å². The molecule has 90 valence electrons. The third kappa shape index (κ3) is 6.77. The Kier molecular flexibility index (Phi) is 6.25. The topological polar surface area (TPSA) is 29.5 Å². The Morgan fingerprint density at radius 3 is 2.27 bits per heavy atom. The van der Waals surface area contributed by atoms with E-state index >= 15 is 0 Å². The molecule has 0 aromatic heterocycles. The fourth-order valence-electron chi connectivity index (χ4n) is 1.11. The van der Waals surface area contributed by atoms with Crippen LogP contribution in [0.3, 0.4) is 0 Å². The van der Waals surface area contributed by atoms with Gasteiger partial charge in [0.25, 0.3) is 0 Å². The van der Waals surface area contributed by atoms with Gasteiger partial charge in [-0.15, -0.1) is 0 Å². The van der Waals surface area contributed by atoms with Gasteiger partial charge in [0.05, 0.1) is 0 Å². The minimum absolute atomic E-state index is 0.180. The molecular formula is C11H22BrNO2. The van der Waals surface area contributed by atoms with Gasteiger partial charge in [0.1, 0.15) is 5.60 Å². The third-order valence-corrected chi connectivity index (χ3v) is 2.34. The number of alkyl halides is 1. The lowest BCUT2D eigenvalue weighted by molar-refractivity contribution is 0.0192. The summed E-state index contributed by atoms with van der Waals surface area (Å²) in [6, 6.07) is 0.180. The van der Waals surface area contributed by atoms with E-state index in [1.54, 1.807) is 4.90 Å². The van der Waals surface area contributed by atoms with Crippen LogP contribution in [0.4, 0.5) is 4.79 Å². The van der Waals surface area contributed by atoms with Gasteiger partial charge in [-0.1, -0.05) is 15.9 Å². The maximum Gasteiger partial charge on any atom is 0.410 e. The second kappa shape index (κ2) is 6.36. The second-order valence-corrected chi connectivity index (χ2v) is 5.60. The first-order valence-electron chi connectivity index (χ1n) is 5.33. The highest BCUT2D eigenvalue weighted by Gasteiger charge is 2.23. The number of carbonyl (C=O) groups excluding carboxylic acids is 1. The summed E-state index contributed by atoms with van der Waals surface area (Å²) in [5.74, 6) is 0. The van der Waals surface area contributed by atoms with Crippen molar-refractivity contribution in [2.45, 2.75) is 52.7 Å². The number of halogens is 1. The van der Waals surface area contributed by atoms with E-state index in [1.165, 1.54) is 0 Å². The number of hydrogen-bond donors (Lipinski definition) is 0. The van der Waals surface area contributed by atoms with Crippen LogP contribution in [0.15, 0.2) is 0 Å². The molecule has 0 atom stereocenters. The molecule has 0 aromatic rings. The molecule has 1 amide bonds. The van der Waals surface area contributed by atoms with Gasteiger partial charge in [-0.25, -0.2) is 4.79 Å². The lowest BCUT2D eigenvalue weighted by Gasteiger charge is -2.29. The van der Waals surface area contributed by atoms with Gasteiger partial charge in [0.15, 0.2) is 0 Å². The quantitative estimate of drug-likeness (QED) is 0.738. The minimum Gasteiger partial charge on any atom is -0.444 e. The lowest BCUT2D eigenvalue weighted by Crippen LogP contribution is -2.41. The molecule has 0 saturated carbocycles. The van der Waals surface area contributed by atoms with Crippen molar-refractivity contribution in [1.82, 2.24) is 4.90 Å². The van der Waals surface area contributed by atoms with E-state index < -0.39 is 5.60 Å². The fraction of sp³-hybridized carbons (Fsp3) is 0.909. The monoisotopic (exact) mass is 279 g/mol. The molecule has 0 fully saturated rings. The van der Waals surface area contributed by atoms with Crippen molar-refractivity contribution >= 4 is 22.0 Å². The normalized spacial score (nSPS) is 11.7. The summed E-state index contributed by atoms with van der Waals surface area (Å²) in [5, 5.41) is 0.902. The molecule has 0 aliphatic heterocycles. The summed E-state index contributed by atoms with van der Waals surface area (Å²) >= 11 is 3.36. The molecule has 0 unspecified atom stereocenters. The maximum absolute atomic E-state index is 11.8. The van der Waals surface area contributed by atoms with Crippen LogP contribution in [0.2, 0.25) is 0 Å². The molecule has 4 heteroatoms. The Morgan fingerprint density at radius 1 is 1.40 bits per heavy atom. The van der Waals surface area contributed by atoms with E-state index in [9.17, 15) is 4.79 Å². The van der Waals surface area contributed by atoms with Crippen molar-refractivity contribution < 1.29 is 9.53 Å². The van der Waals surface area contributed by atoms with E-state index in [0.29, 0.717) is 0 Å². The molecule has 0 N–H and O–H groups in total. The first-order valence-corrected chi connectivity index (χ1v) is 6.45. The smallest absolute Gasteiger partial charge is 0.410 e. The standard InChI is InChI=1S/C11H22BrNO2/c1-9(2)13(8-6-7-12)10(14)15-11(3,4)5/h9H,6-8H2,1-5H3. The highest BCUT2D eigenvalue weighted by atomic mass is 79.9. The number of nitrogens with zero attached hydrogens (tertiary/aromatic N) is 1. The zero-order valence-corrected chi connectivity index (χ0v) is 11.9. The van der Waals surface area contributed by atoms with Crippen molar-refractivity contribution in [3.8, 4) is 0 Å². The highest BCUT2D eigenvalue weighted by molar-refractivity contribution is 9.09. The summed E-state index contributed by atoms with van der Waals surface area (Å²) < 4.78 is 5.33. The summed E-state index contributed by atoms with van der Waals surface area (Å²) in [6.45, 7) is 10.4. The summed E-state index contributed by atoms with van der Waals surface area (Å²) in [7, 11) is 0. The van der Waals surface area contributed by atoms with E-state index in [-0.39, 0.29) is 12.1 Å². The Bertz CT molecular complexity index is 199. The van der Waals surface area contributed by atoms with E-state index in [0.717, 1.165) is 18.3 Å². The number of ether oxygens (including phenoxy) is 1. The average Bonchev–Trinajstić information content (AvgIpc) is 2.00. The molecular weight excluding hydrogens is 258 g/mol. The molecule has 0 rings (SSSR count). The van der Waals surface area contributed by atoms with Crippen LogP contribution in [-0.2, 0) is 4.74 Å². The number of carbonyl (C=O) groups is 1. The summed E-state index contributed by atoms with van der Waals surface area (Å²) in [6.07, 6.45) is 0.718. The van der Waals surface area contributed by atoms with Crippen LogP contribution in [0, 0.1) is 0 Å². The Balaban J connectivity index is 4.29. The molecule has 0 aliphatic rings. The molecule has 0 spiro atoms. The lowest BCUT2D eigenvalue weighted by atomic mass is 10.2. The van der Waals surface area contributed by atoms with Crippen molar-refractivity contribution in [2.24, 2.45) is 0 Å². The van der Waals surface area contributed by atoms with Crippen LogP contribution in [0.1, 0.15) is 41.0 Å². The molecule has 0 radical (unpaired) electrons. The van der Waals surface area contributed by atoms with Crippen LogP contribution >= 0.6 is 15.9 Å². The number of hydrogen-bond acceptors (Lipinski definition) is 2. The van der Waals surface area contributed by atoms with E-state index in [1.807, 2.05) is 34.6 Å². The van der Waals surface area contributed by atoms with Crippen molar-refractivity contribution in [2.75, 3.05) is 11.9 Å². The van der Waals surface area contributed by atoms with E-state index in [4.69, 9.17) is 4.74 Å². The maximum atomic E-state index is 11.8. The average molecular weight is 280 g/mol. The Labute approximate surface area is 101 Å². The molecule has 0 bridgehead atoms. The second-order valence-electron chi connectivity index (χ2n) is 4.81. The van der Waals surface area contributed by atoms with Gasteiger partial charge in [-0.05, 0) is 41.0 Å². The minimum atomic E-state index is -0.418. The largest absolute Gasteiger partial charge is 0.444 e. The fourth-order valence-corrected chi connectivity index (χ4v) is 1.36. The van der Waals surface area contributed by atoms with Crippen LogP contribution in [0.25, 0.3) is 0 Å². The zero-order chi connectivity index (χ0) is 12.1. The van der Waals surface area contributed by atoms with Crippen molar-refractivity contribution in [1.29, 1.82) is 0 Å². The van der Waals surface area contributed by atoms with Gasteiger partial charge in [0.2, 0.25) is 0 Å². The summed E-state index contributed by atoms with van der Waals surface area (Å²) in [4.78, 5) is 13.6. The molecule has 15 heavy (non-hydrogen) atoms. The first-order chi connectivity index (χ1) is 6.78. The van der Waals surface area contributed by atoms with Crippen LogP contribution in [-0.4, -0.2) is 34.5 Å². The zero-order valence-electron chi connectivity index (χ0n) is 10.3. The SMILES string of the molecule is CC(C)N(CCCBr)C(=O)OC(C)(C)C. The molecule has 0 aliphatic carbocycles. The first kappa shape index (κ1) is 14.8.